The number of nitrogens with zero attached hydrogens (tertiary/aromatic N) is 4. The summed E-state index contributed by atoms with van der Waals surface area (Å²) in [6.07, 6.45) is -0.553. The Morgan fingerprint density at radius 1 is 1.29 bits per heavy atom. The maximum Gasteiger partial charge on any atom is 0.428 e. The Morgan fingerprint density at radius 3 is 2.57 bits per heavy atom. The molecule has 1 aromatic heterocycles. The summed E-state index contributed by atoms with van der Waals surface area (Å²) in [6.45, 7) is 6.15. The number of aryl methyl sites for hydroxylation is 1. The van der Waals surface area contributed by atoms with E-state index in [0.29, 0.717) is 32.3 Å². The molecule has 2 rings (SSSR count). The van der Waals surface area contributed by atoms with Crippen LogP contribution in [0.1, 0.15) is 11.3 Å². The third-order valence-corrected chi connectivity index (χ3v) is 3.18. The molecule has 21 heavy (non-hydrogen) atoms. The number of nitrogens with one attached hydrogen (secondary N) is 1. The minimum atomic E-state index is -0.553. The number of hydrogen-bond acceptors (Lipinski definition) is 7. The summed E-state index contributed by atoms with van der Waals surface area (Å²) < 4.78 is 10.5. The van der Waals surface area contributed by atoms with Crippen molar-refractivity contribution >= 4 is 12.0 Å². The summed E-state index contributed by atoms with van der Waals surface area (Å²) in [5, 5.41) is 1.77. The number of ether oxygens (including phenoxy) is 2. The van der Waals surface area contributed by atoms with Gasteiger partial charge in [0.1, 0.15) is 0 Å². The van der Waals surface area contributed by atoms with E-state index < -0.39 is 6.09 Å². The van der Waals surface area contributed by atoms with Crippen molar-refractivity contribution in [3.05, 3.63) is 11.3 Å². The molecule has 0 spiro atoms. The summed E-state index contributed by atoms with van der Waals surface area (Å²) in [4.78, 5) is 22.3. The fraction of sp³-hybridized carbons (Fsp3) is 0.615. The van der Waals surface area contributed by atoms with Crippen LogP contribution in [-0.4, -0.2) is 61.5 Å². The fourth-order valence-electron chi connectivity index (χ4n) is 1.80. The molecule has 0 unspecified atom stereocenters. The Labute approximate surface area is 124 Å². The van der Waals surface area contributed by atoms with Crippen LogP contribution in [0.4, 0.5) is 10.7 Å². The summed E-state index contributed by atoms with van der Waals surface area (Å²) >= 11 is 0. The van der Waals surface area contributed by atoms with Crippen molar-refractivity contribution in [2.75, 3.05) is 45.3 Å². The highest BCUT2D eigenvalue weighted by atomic mass is 16.6. The van der Waals surface area contributed by atoms with Crippen LogP contribution in [0.2, 0.25) is 0 Å². The van der Waals surface area contributed by atoms with E-state index in [2.05, 4.69) is 15.4 Å². The first-order valence-electron chi connectivity index (χ1n) is 6.81. The highest BCUT2D eigenvalue weighted by molar-refractivity contribution is 5.69. The van der Waals surface area contributed by atoms with Crippen LogP contribution in [0.25, 0.3) is 0 Å². The highest BCUT2D eigenvalue weighted by Gasteiger charge is 2.17. The minimum Gasteiger partial charge on any atom is -0.390 e. The van der Waals surface area contributed by atoms with Gasteiger partial charge in [-0.2, -0.15) is 4.98 Å². The lowest BCUT2D eigenvalue weighted by atomic mass is 10.2. The monoisotopic (exact) mass is 295 g/mol. The predicted octanol–water partition coefficient (Wildman–Crippen LogP) is 0.495. The lowest BCUT2D eigenvalue weighted by Crippen LogP contribution is -2.49. The van der Waals surface area contributed by atoms with E-state index in [4.69, 9.17) is 9.47 Å². The van der Waals surface area contributed by atoms with Crippen LogP contribution in [0.15, 0.2) is 0 Å². The van der Waals surface area contributed by atoms with Crippen molar-refractivity contribution in [1.82, 2.24) is 20.4 Å². The zero-order valence-corrected chi connectivity index (χ0v) is 12.8. The topological polar surface area (TPSA) is 79.8 Å². The molecular weight excluding hydrogens is 274 g/mol. The van der Waals surface area contributed by atoms with E-state index >= 15 is 0 Å². The quantitative estimate of drug-likeness (QED) is 0.869. The summed E-state index contributed by atoms with van der Waals surface area (Å²) in [5.74, 6) is 0.782. The van der Waals surface area contributed by atoms with E-state index in [1.54, 1.807) is 9.91 Å². The summed E-state index contributed by atoms with van der Waals surface area (Å²) in [7, 11) is 3.67. The molecule has 0 aromatic carbocycles. The molecule has 0 bridgehead atoms. The van der Waals surface area contributed by atoms with Gasteiger partial charge in [0, 0.05) is 38.4 Å². The van der Waals surface area contributed by atoms with Crippen molar-refractivity contribution in [3.63, 3.8) is 0 Å². The van der Waals surface area contributed by atoms with Crippen LogP contribution in [0, 0.1) is 13.8 Å². The van der Waals surface area contributed by atoms with Crippen LogP contribution in [0.5, 0.6) is 5.88 Å². The lowest BCUT2D eigenvalue weighted by Gasteiger charge is -2.26. The predicted molar refractivity (Wildman–Crippen MR) is 77.4 cm³/mol. The largest absolute Gasteiger partial charge is 0.428 e. The van der Waals surface area contributed by atoms with E-state index in [0.717, 1.165) is 11.3 Å². The van der Waals surface area contributed by atoms with Gasteiger partial charge in [0.15, 0.2) is 0 Å². The number of morpholine rings is 1. The maximum atomic E-state index is 11.9. The molecule has 0 radical (unpaired) electrons. The van der Waals surface area contributed by atoms with E-state index in [1.165, 1.54) is 0 Å². The van der Waals surface area contributed by atoms with Crippen LogP contribution in [-0.2, 0) is 4.74 Å². The first-order chi connectivity index (χ1) is 9.97. The van der Waals surface area contributed by atoms with Gasteiger partial charge in [-0.3, -0.25) is 5.43 Å². The first-order valence-corrected chi connectivity index (χ1v) is 6.81. The number of amides is 1. The Bertz CT molecular complexity index is 515. The molecule has 8 nitrogen and oxygen atoms in total. The zero-order valence-electron chi connectivity index (χ0n) is 12.8. The highest BCUT2D eigenvalue weighted by Crippen LogP contribution is 2.20. The van der Waals surface area contributed by atoms with Gasteiger partial charge in [-0.1, -0.05) is 0 Å². The SMILES string of the molecule is Cc1nc(N(C)C)nc(OC(=O)NN2CCOCC2)c1C. The first kappa shape index (κ1) is 15.5. The molecule has 1 aliphatic rings. The molecule has 1 saturated heterocycles. The smallest absolute Gasteiger partial charge is 0.390 e. The Balaban J connectivity index is 2.05. The van der Waals surface area contributed by atoms with Gasteiger partial charge in [0.25, 0.3) is 0 Å². The van der Waals surface area contributed by atoms with Gasteiger partial charge in [0.05, 0.1) is 13.2 Å². The Morgan fingerprint density at radius 2 is 1.95 bits per heavy atom. The maximum absolute atomic E-state index is 11.9. The standard InChI is InChI=1S/C13H21N5O3/c1-9-10(2)14-12(17(3)4)15-11(9)21-13(19)16-18-5-7-20-8-6-18/h5-8H2,1-4H3,(H,16,19). The number of rotatable bonds is 3. The van der Waals surface area contributed by atoms with Gasteiger partial charge in [-0.05, 0) is 13.8 Å². The zero-order chi connectivity index (χ0) is 15.4. The second-order valence-electron chi connectivity index (χ2n) is 5.03. The van der Waals surface area contributed by atoms with Crippen molar-refractivity contribution in [1.29, 1.82) is 0 Å². The number of hydrazine groups is 1. The number of aromatic nitrogens is 2. The second-order valence-corrected chi connectivity index (χ2v) is 5.03. The number of hydrogen-bond donors (Lipinski definition) is 1. The number of anilines is 1. The average Bonchev–Trinajstić information content (AvgIpc) is 2.44. The van der Waals surface area contributed by atoms with E-state index in [-0.39, 0.29) is 5.88 Å². The molecule has 0 aliphatic carbocycles. The summed E-state index contributed by atoms with van der Waals surface area (Å²) in [6, 6.07) is 0. The van der Waals surface area contributed by atoms with Crippen molar-refractivity contribution in [2.24, 2.45) is 0 Å². The molecular formula is C13H21N5O3. The molecule has 1 fully saturated rings. The van der Waals surface area contributed by atoms with Gasteiger partial charge >= 0.3 is 6.09 Å². The Kier molecular flexibility index (Phi) is 4.92. The Hall–Kier alpha value is -1.93. The molecule has 1 aliphatic heterocycles. The molecule has 116 valence electrons. The summed E-state index contributed by atoms with van der Waals surface area (Å²) in [5.41, 5.74) is 4.21. The van der Waals surface area contributed by atoms with Gasteiger partial charge < -0.3 is 14.4 Å². The lowest BCUT2D eigenvalue weighted by molar-refractivity contribution is 0.0151. The van der Waals surface area contributed by atoms with Crippen molar-refractivity contribution in [3.8, 4) is 5.88 Å². The van der Waals surface area contributed by atoms with Crippen molar-refractivity contribution < 1.29 is 14.3 Å². The van der Waals surface area contributed by atoms with Crippen LogP contribution >= 0.6 is 0 Å². The third-order valence-electron chi connectivity index (χ3n) is 3.18. The molecule has 8 heteroatoms. The number of carbonyl (C=O) groups excluding carboxylic acids is 1. The molecule has 1 aromatic rings. The minimum absolute atomic E-state index is 0.275. The van der Waals surface area contributed by atoms with Crippen molar-refractivity contribution in [2.45, 2.75) is 13.8 Å². The normalized spacial score (nSPS) is 15.6. The van der Waals surface area contributed by atoms with Crippen LogP contribution < -0.4 is 15.1 Å². The molecule has 0 atom stereocenters. The van der Waals surface area contributed by atoms with E-state index in [1.807, 2.05) is 27.9 Å². The third kappa shape index (κ3) is 4.02. The second kappa shape index (κ2) is 6.68. The van der Waals surface area contributed by atoms with Gasteiger partial charge in [-0.15, -0.1) is 0 Å². The number of carbonyl (C=O) groups is 1. The molecule has 2 heterocycles. The molecule has 1 amide bonds. The van der Waals surface area contributed by atoms with Gasteiger partial charge in [-0.25, -0.2) is 14.8 Å². The van der Waals surface area contributed by atoms with E-state index in [9.17, 15) is 4.79 Å². The average molecular weight is 295 g/mol. The molecule has 0 saturated carbocycles. The fourth-order valence-corrected chi connectivity index (χ4v) is 1.80. The van der Waals surface area contributed by atoms with Crippen LogP contribution in [0.3, 0.4) is 0 Å². The van der Waals surface area contributed by atoms with Gasteiger partial charge in [0.2, 0.25) is 11.8 Å². The molecule has 1 N–H and O–H groups in total.